The first kappa shape index (κ1) is 11.6. The minimum absolute atomic E-state index is 0.122. The molecule has 3 rings (SSSR count). The Morgan fingerprint density at radius 2 is 2.00 bits per heavy atom. The lowest BCUT2D eigenvalue weighted by molar-refractivity contribution is -0.166. The average Bonchev–Trinajstić information content (AvgIpc) is 2.96. The van der Waals surface area contributed by atoms with Gasteiger partial charge in [0.1, 0.15) is 5.54 Å². The van der Waals surface area contributed by atoms with Crippen molar-refractivity contribution in [1.82, 2.24) is 5.32 Å². The molecule has 1 aromatic carbocycles. The number of para-hydroxylation sites is 1. The van der Waals surface area contributed by atoms with Crippen molar-refractivity contribution >= 4 is 0 Å². The lowest BCUT2D eigenvalue weighted by Crippen LogP contribution is -2.44. The van der Waals surface area contributed by atoms with Crippen molar-refractivity contribution in [2.24, 2.45) is 0 Å². The molecule has 1 heterocycles. The SMILES string of the molecule is FC(F)(F)C1(NCc2cccc3c2OCO3)CC1. The summed E-state index contributed by atoms with van der Waals surface area (Å²) in [6, 6.07) is 5.23. The van der Waals surface area contributed by atoms with Gasteiger partial charge in [-0.3, -0.25) is 5.32 Å². The first-order valence-corrected chi connectivity index (χ1v) is 5.71. The Balaban J connectivity index is 1.73. The Morgan fingerprint density at radius 3 is 2.67 bits per heavy atom. The van der Waals surface area contributed by atoms with Crippen LogP contribution >= 0.6 is 0 Å². The summed E-state index contributed by atoms with van der Waals surface area (Å²) < 4.78 is 48.7. The minimum atomic E-state index is -4.19. The maximum Gasteiger partial charge on any atom is 0.406 e. The average molecular weight is 259 g/mol. The standard InChI is InChI=1S/C12H12F3NO2/c13-12(14,15)11(4-5-11)16-6-8-2-1-3-9-10(8)18-7-17-9/h1-3,16H,4-7H2. The van der Waals surface area contributed by atoms with E-state index < -0.39 is 11.7 Å². The van der Waals surface area contributed by atoms with E-state index in [4.69, 9.17) is 9.47 Å². The van der Waals surface area contributed by atoms with Gasteiger partial charge in [-0.05, 0) is 18.9 Å². The largest absolute Gasteiger partial charge is 0.454 e. The van der Waals surface area contributed by atoms with Crippen molar-refractivity contribution in [2.75, 3.05) is 6.79 Å². The normalized spacial score (nSPS) is 19.9. The third-order valence-electron chi connectivity index (χ3n) is 3.39. The summed E-state index contributed by atoms with van der Waals surface area (Å²) in [5, 5.41) is 2.60. The Kier molecular flexibility index (Phi) is 2.45. The molecule has 6 heteroatoms. The Morgan fingerprint density at radius 1 is 1.22 bits per heavy atom. The van der Waals surface area contributed by atoms with Gasteiger partial charge in [0.05, 0.1) is 0 Å². The molecule has 1 aliphatic carbocycles. The van der Waals surface area contributed by atoms with Crippen molar-refractivity contribution in [3.8, 4) is 11.5 Å². The van der Waals surface area contributed by atoms with Crippen LogP contribution in [0.2, 0.25) is 0 Å². The number of halogens is 3. The second-order valence-corrected chi connectivity index (χ2v) is 4.58. The summed E-state index contributed by atoms with van der Waals surface area (Å²) in [5.41, 5.74) is -1.00. The van der Waals surface area contributed by atoms with E-state index in [0.29, 0.717) is 17.1 Å². The molecule has 98 valence electrons. The molecule has 0 saturated heterocycles. The topological polar surface area (TPSA) is 30.5 Å². The third-order valence-corrected chi connectivity index (χ3v) is 3.39. The van der Waals surface area contributed by atoms with E-state index in [9.17, 15) is 13.2 Å². The van der Waals surface area contributed by atoms with Gasteiger partial charge in [0.15, 0.2) is 11.5 Å². The number of hydrogen-bond donors (Lipinski definition) is 1. The molecule has 1 aliphatic heterocycles. The van der Waals surface area contributed by atoms with E-state index in [0.717, 1.165) is 0 Å². The summed E-state index contributed by atoms with van der Waals surface area (Å²) in [7, 11) is 0. The van der Waals surface area contributed by atoms with Gasteiger partial charge in [-0.1, -0.05) is 12.1 Å². The van der Waals surface area contributed by atoms with Gasteiger partial charge in [-0.25, -0.2) is 0 Å². The lowest BCUT2D eigenvalue weighted by Gasteiger charge is -2.21. The molecule has 3 nitrogen and oxygen atoms in total. The van der Waals surface area contributed by atoms with E-state index in [1.54, 1.807) is 18.2 Å². The number of rotatable bonds is 3. The first-order valence-electron chi connectivity index (χ1n) is 5.71. The molecule has 1 fully saturated rings. The Hall–Kier alpha value is -1.43. The van der Waals surface area contributed by atoms with Crippen molar-refractivity contribution in [3.05, 3.63) is 23.8 Å². The molecule has 0 amide bonds. The lowest BCUT2D eigenvalue weighted by atomic mass is 10.1. The van der Waals surface area contributed by atoms with Crippen LogP contribution < -0.4 is 14.8 Å². The van der Waals surface area contributed by atoms with Crippen LogP contribution in [0, 0.1) is 0 Å². The Bertz CT molecular complexity index is 469. The monoisotopic (exact) mass is 259 g/mol. The van der Waals surface area contributed by atoms with Crippen LogP contribution in [-0.2, 0) is 6.54 Å². The molecule has 0 aromatic heterocycles. The van der Waals surface area contributed by atoms with Gasteiger partial charge in [-0.2, -0.15) is 13.2 Å². The van der Waals surface area contributed by atoms with Crippen LogP contribution in [0.1, 0.15) is 18.4 Å². The highest BCUT2D eigenvalue weighted by atomic mass is 19.4. The molecule has 1 aromatic rings. The molecule has 0 radical (unpaired) electrons. The van der Waals surface area contributed by atoms with E-state index in [1.807, 2.05) is 0 Å². The molecule has 1 saturated carbocycles. The maximum atomic E-state index is 12.8. The molecular formula is C12H12F3NO2. The summed E-state index contributed by atoms with van der Waals surface area (Å²) in [6.45, 7) is 0.253. The fourth-order valence-electron chi connectivity index (χ4n) is 2.08. The highest BCUT2D eigenvalue weighted by Crippen LogP contribution is 2.49. The smallest absolute Gasteiger partial charge is 0.406 e. The van der Waals surface area contributed by atoms with Crippen LogP contribution in [-0.4, -0.2) is 18.5 Å². The van der Waals surface area contributed by atoms with E-state index in [1.165, 1.54) is 0 Å². The summed E-state index contributed by atoms with van der Waals surface area (Å²) in [4.78, 5) is 0. The predicted octanol–water partition coefficient (Wildman–Crippen LogP) is 2.60. The number of benzene rings is 1. The number of fused-ring (bicyclic) bond motifs is 1. The number of alkyl halides is 3. The van der Waals surface area contributed by atoms with Gasteiger partial charge in [-0.15, -0.1) is 0 Å². The summed E-state index contributed by atoms with van der Waals surface area (Å²) in [5.74, 6) is 1.13. The quantitative estimate of drug-likeness (QED) is 0.905. The molecule has 0 bridgehead atoms. The third kappa shape index (κ3) is 1.80. The molecule has 2 aliphatic rings. The second kappa shape index (κ2) is 3.78. The molecule has 18 heavy (non-hydrogen) atoms. The molecular weight excluding hydrogens is 247 g/mol. The highest BCUT2D eigenvalue weighted by Gasteiger charge is 2.62. The van der Waals surface area contributed by atoms with Crippen molar-refractivity contribution in [2.45, 2.75) is 31.1 Å². The minimum Gasteiger partial charge on any atom is -0.454 e. The van der Waals surface area contributed by atoms with Gasteiger partial charge >= 0.3 is 6.18 Å². The summed E-state index contributed by atoms with van der Waals surface area (Å²) in [6.07, 6.45) is -3.91. The van der Waals surface area contributed by atoms with E-state index in [2.05, 4.69) is 5.32 Å². The van der Waals surface area contributed by atoms with Crippen LogP contribution in [0.3, 0.4) is 0 Å². The van der Waals surface area contributed by atoms with Crippen LogP contribution in [0.15, 0.2) is 18.2 Å². The van der Waals surface area contributed by atoms with Crippen LogP contribution in [0.5, 0.6) is 11.5 Å². The first-order chi connectivity index (χ1) is 8.52. The molecule has 0 atom stereocenters. The number of hydrogen-bond acceptors (Lipinski definition) is 3. The molecule has 1 N–H and O–H groups in total. The van der Waals surface area contributed by atoms with E-state index in [-0.39, 0.29) is 26.2 Å². The summed E-state index contributed by atoms with van der Waals surface area (Å²) >= 11 is 0. The van der Waals surface area contributed by atoms with E-state index >= 15 is 0 Å². The second-order valence-electron chi connectivity index (χ2n) is 4.58. The van der Waals surface area contributed by atoms with Crippen LogP contribution in [0.4, 0.5) is 13.2 Å². The number of nitrogens with one attached hydrogen (secondary N) is 1. The fourth-order valence-corrected chi connectivity index (χ4v) is 2.08. The molecule has 0 spiro atoms. The van der Waals surface area contributed by atoms with Gasteiger partial charge < -0.3 is 9.47 Å². The zero-order chi connectivity index (χ0) is 12.8. The molecule has 0 unspecified atom stereocenters. The van der Waals surface area contributed by atoms with Crippen molar-refractivity contribution in [1.29, 1.82) is 0 Å². The van der Waals surface area contributed by atoms with Crippen LogP contribution in [0.25, 0.3) is 0 Å². The highest BCUT2D eigenvalue weighted by molar-refractivity contribution is 5.48. The van der Waals surface area contributed by atoms with Crippen molar-refractivity contribution < 1.29 is 22.6 Å². The van der Waals surface area contributed by atoms with Gasteiger partial charge in [0.25, 0.3) is 0 Å². The fraction of sp³-hybridized carbons (Fsp3) is 0.500. The zero-order valence-electron chi connectivity index (χ0n) is 9.51. The van der Waals surface area contributed by atoms with Crippen molar-refractivity contribution in [3.63, 3.8) is 0 Å². The van der Waals surface area contributed by atoms with Gasteiger partial charge in [0.2, 0.25) is 6.79 Å². The zero-order valence-corrected chi connectivity index (χ0v) is 9.51. The predicted molar refractivity (Wildman–Crippen MR) is 57.4 cm³/mol. The maximum absolute atomic E-state index is 12.8. The Labute approximate surface area is 102 Å². The number of ether oxygens (including phenoxy) is 2. The van der Waals surface area contributed by atoms with Gasteiger partial charge in [0, 0.05) is 12.1 Å².